The molecule has 2 aromatic rings. The minimum atomic E-state index is -0.141. The van der Waals surface area contributed by atoms with Crippen LogP contribution in [0.15, 0.2) is 36.0 Å². The summed E-state index contributed by atoms with van der Waals surface area (Å²) in [5, 5.41) is 9.33. The van der Waals surface area contributed by atoms with E-state index in [1.54, 1.807) is 17.5 Å². The third kappa shape index (κ3) is 4.66. The second-order valence-electron chi connectivity index (χ2n) is 6.01. The molecule has 0 spiro atoms. The van der Waals surface area contributed by atoms with Gasteiger partial charge in [0.2, 0.25) is 5.91 Å². The third-order valence-corrected chi connectivity index (χ3v) is 5.23. The number of thiophene rings is 1. The number of aromatic nitrogens is 2. The Morgan fingerprint density at radius 2 is 2.46 bits per heavy atom. The van der Waals surface area contributed by atoms with Crippen LogP contribution in [-0.4, -0.2) is 59.0 Å². The summed E-state index contributed by atoms with van der Waals surface area (Å²) in [7, 11) is 0. The van der Waals surface area contributed by atoms with E-state index >= 15 is 0 Å². The Kier molecular flexibility index (Phi) is 6.01. The molecule has 1 saturated heterocycles. The highest BCUT2D eigenvalue weighted by molar-refractivity contribution is 7.09. The van der Waals surface area contributed by atoms with Crippen molar-refractivity contribution in [2.24, 2.45) is 0 Å². The summed E-state index contributed by atoms with van der Waals surface area (Å²) in [4.78, 5) is 15.9. The molecule has 1 N–H and O–H groups in total. The van der Waals surface area contributed by atoms with Crippen LogP contribution < -0.4 is 5.32 Å². The lowest BCUT2D eigenvalue weighted by molar-refractivity contribution is -0.129. The Balaban J connectivity index is 1.44. The first-order valence-electron chi connectivity index (χ1n) is 8.35. The Hall–Kier alpha value is -1.70. The van der Waals surface area contributed by atoms with Gasteiger partial charge in [0.05, 0.1) is 25.3 Å². The van der Waals surface area contributed by atoms with Gasteiger partial charge in [0.25, 0.3) is 0 Å². The molecule has 130 valence electrons. The Morgan fingerprint density at radius 1 is 1.54 bits per heavy atom. The molecule has 0 bridgehead atoms. The Labute approximate surface area is 146 Å². The van der Waals surface area contributed by atoms with Crippen molar-refractivity contribution < 1.29 is 9.53 Å². The van der Waals surface area contributed by atoms with Crippen LogP contribution in [0.5, 0.6) is 0 Å². The van der Waals surface area contributed by atoms with Gasteiger partial charge in [-0.1, -0.05) is 6.07 Å². The highest BCUT2D eigenvalue weighted by Crippen LogP contribution is 2.11. The maximum atomic E-state index is 12.4. The summed E-state index contributed by atoms with van der Waals surface area (Å²) in [5.41, 5.74) is 0. The van der Waals surface area contributed by atoms with Crippen LogP contribution in [0.2, 0.25) is 0 Å². The molecule has 0 saturated carbocycles. The monoisotopic (exact) mass is 348 g/mol. The summed E-state index contributed by atoms with van der Waals surface area (Å²) < 4.78 is 7.68. The lowest BCUT2D eigenvalue weighted by Crippen LogP contribution is -2.53. The predicted octanol–water partition coefficient (Wildman–Crippen LogP) is 1.39. The van der Waals surface area contributed by atoms with E-state index in [4.69, 9.17) is 4.74 Å². The first-order chi connectivity index (χ1) is 11.7. The third-order valence-electron chi connectivity index (χ3n) is 4.30. The number of ether oxygens (including phenoxy) is 1. The minimum Gasteiger partial charge on any atom is -0.374 e. The molecular weight excluding hydrogens is 324 g/mol. The Morgan fingerprint density at radius 3 is 3.21 bits per heavy atom. The molecule has 0 unspecified atom stereocenters. The largest absolute Gasteiger partial charge is 0.374 e. The fourth-order valence-corrected chi connectivity index (χ4v) is 3.61. The smallest absolute Gasteiger partial charge is 0.237 e. The van der Waals surface area contributed by atoms with Crippen molar-refractivity contribution in [2.45, 2.75) is 32.0 Å². The second-order valence-corrected chi connectivity index (χ2v) is 7.04. The first kappa shape index (κ1) is 17.1. The number of carbonyl (C=O) groups is 1. The van der Waals surface area contributed by atoms with Gasteiger partial charge in [-0.2, -0.15) is 5.10 Å². The van der Waals surface area contributed by atoms with E-state index in [1.165, 1.54) is 4.88 Å². The molecule has 3 heterocycles. The SMILES string of the molecule is C[C@@H](C(=O)NCCc1cccs1)N1CCO[C@H](Cn2cccn2)C1. The van der Waals surface area contributed by atoms with E-state index in [0.29, 0.717) is 13.2 Å². The van der Waals surface area contributed by atoms with Crippen LogP contribution in [0.1, 0.15) is 11.8 Å². The van der Waals surface area contributed by atoms with E-state index in [-0.39, 0.29) is 18.1 Å². The fraction of sp³-hybridized carbons (Fsp3) is 0.529. The molecule has 1 amide bonds. The van der Waals surface area contributed by atoms with Crippen molar-refractivity contribution >= 4 is 17.2 Å². The lowest BCUT2D eigenvalue weighted by Gasteiger charge is -2.36. The molecule has 1 fully saturated rings. The highest BCUT2D eigenvalue weighted by Gasteiger charge is 2.28. The zero-order chi connectivity index (χ0) is 16.8. The number of nitrogens with zero attached hydrogens (tertiary/aromatic N) is 3. The molecule has 0 aromatic carbocycles. The summed E-state index contributed by atoms with van der Waals surface area (Å²) >= 11 is 1.73. The van der Waals surface area contributed by atoms with E-state index in [9.17, 15) is 4.79 Å². The maximum Gasteiger partial charge on any atom is 0.237 e. The van der Waals surface area contributed by atoms with Gasteiger partial charge >= 0.3 is 0 Å². The number of carbonyl (C=O) groups excluding carboxylic acids is 1. The van der Waals surface area contributed by atoms with Gasteiger partial charge in [-0.05, 0) is 30.9 Å². The quantitative estimate of drug-likeness (QED) is 0.822. The molecule has 0 aliphatic carbocycles. The van der Waals surface area contributed by atoms with Crippen molar-refractivity contribution in [2.75, 3.05) is 26.2 Å². The normalized spacial score (nSPS) is 20.0. The molecule has 1 aliphatic heterocycles. The number of rotatable bonds is 7. The van der Waals surface area contributed by atoms with Crippen LogP contribution in [0.4, 0.5) is 0 Å². The van der Waals surface area contributed by atoms with E-state index < -0.39 is 0 Å². The number of hydrogen-bond donors (Lipinski definition) is 1. The average Bonchev–Trinajstić information content (AvgIpc) is 3.28. The van der Waals surface area contributed by atoms with Crippen molar-refractivity contribution in [3.63, 3.8) is 0 Å². The molecule has 1 aliphatic rings. The van der Waals surface area contributed by atoms with Crippen molar-refractivity contribution in [3.05, 3.63) is 40.8 Å². The molecule has 0 radical (unpaired) electrons. The van der Waals surface area contributed by atoms with E-state index in [0.717, 1.165) is 26.1 Å². The highest BCUT2D eigenvalue weighted by atomic mass is 32.1. The summed E-state index contributed by atoms with van der Waals surface area (Å²) in [6.45, 7) is 5.56. The molecule has 2 atom stereocenters. The maximum absolute atomic E-state index is 12.4. The van der Waals surface area contributed by atoms with Crippen LogP contribution in [0.3, 0.4) is 0 Å². The zero-order valence-electron chi connectivity index (χ0n) is 13.9. The molecule has 6 nitrogen and oxygen atoms in total. The van der Waals surface area contributed by atoms with Gasteiger partial charge in [-0.15, -0.1) is 11.3 Å². The first-order valence-corrected chi connectivity index (χ1v) is 9.23. The van der Waals surface area contributed by atoms with Gasteiger partial charge in [-0.25, -0.2) is 0 Å². The van der Waals surface area contributed by atoms with Crippen molar-refractivity contribution in [1.82, 2.24) is 20.0 Å². The van der Waals surface area contributed by atoms with Crippen molar-refractivity contribution in [1.29, 1.82) is 0 Å². The molecule has 3 rings (SSSR count). The standard InChI is InChI=1S/C17H24N4O2S/c1-14(17(22)18-7-5-16-4-2-11-24-16)20-9-10-23-15(12-20)13-21-8-3-6-19-21/h2-4,6,8,11,14-15H,5,7,9-10,12-13H2,1H3,(H,18,22)/t14-,15-/m0/s1. The molecule has 24 heavy (non-hydrogen) atoms. The molecule has 2 aromatic heterocycles. The summed E-state index contributed by atoms with van der Waals surface area (Å²) in [5.74, 6) is 0.0892. The number of nitrogens with one attached hydrogen (secondary N) is 1. The van der Waals surface area contributed by atoms with Crippen LogP contribution in [-0.2, 0) is 22.5 Å². The van der Waals surface area contributed by atoms with Crippen molar-refractivity contribution in [3.8, 4) is 0 Å². The van der Waals surface area contributed by atoms with Gasteiger partial charge in [0.1, 0.15) is 0 Å². The van der Waals surface area contributed by atoms with Gasteiger partial charge in [0.15, 0.2) is 0 Å². The number of hydrogen-bond acceptors (Lipinski definition) is 5. The molecule has 7 heteroatoms. The minimum absolute atomic E-state index is 0.0695. The zero-order valence-corrected chi connectivity index (χ0v) is 14.7. The average molecular weight is 348 g/mol. The topological polar surface area (TPSA) is 59.4 Å². The van der Waals surface area contributed by atoms with Crippen LogP contribution in [0, 0.1) is 0 Å². The summed E-state index contributed by atoms with van der Waals surface area (Å²) in [6.07, 6.45) is 4.66. The number of amides is 1. The van der Waals surface area contributed by atoms with Gasteiger partial charge in [0, 0.05) is 36.9 Å². The lowest BCUT2D eigenvalue weighted by atomic mass is 10.2. The van der Waals surface area contributed by atoms with Crippen LogP contribution >= 0.6 is 11.3 Å². The number of morpholine rings is 1. The summed E-state index contributed by atoms with van der Waals surface area (Å²) in [6, 6.07) is 5.90. The predicted molar refractivity (Wildman–Crippen MR) is 94.0 cm³/mol. The Bertz CT molecular complexity index is 615. The van der Waals surface area contributed by atoms with Gasteiger partial charge < -0.3 is 10.1 Å². The van der Waals surface area contributed by atoms with E-state index in [2.05, 4.69) is 26.8 Å². The second kappa shape index (κ2) is 8.41. The van der Waals surface area contributed by atoms with Gasteiger partial charge in [-0.3, -0.25) is 14.4 Å². The fourth-order valence-electron chi connectivity index (χ4n) is 2.90. The van der Waals surface area contributed by atoms with Crippen LogP contribution in [0.25, 0.3) is 0 Å². The van der Waals surface area contributed by atoms with E-state index in [1.807, 2.05) is 29.9 Å². The molecular formula is C17H24N4O2S.